The van der Waals surface area contributed by atoms with Gasteiger partial charge in [0.15, 0.2) is 11.6 Å². The first-order valence-electron chi connectivity index (χ1n) is 16.8. The van der Waals surface area contributed by atoms with E-state index in [2.05, 4.69) is 10.3 Å². The second-order valence-corrected chi connectivity index (χ2v) is 13.2. The van der Waals surface area contributed by atoms with E-state index in [1.807, 2.05) is 18.2 Å². The molecule has 0 aliphatic carbocycles. The Kier molecular flexibility index (Phi) is 13.5. The fourth-order valence-corrected chi connectivity index (χ4v) is 6.29. The van der Waals surface area contributed by atoms with Crippen LogP contribution in [0.4, 0.5) is 50.5 Å². The molecule has 0 bridgehead atoms. The minimum absolute atomic E-state index is 0.0629. The highest BCUT2D eigenvalue weighted by Gasteiger charge is 2.47. The number of hydrogen-bond donors (Lipinski definition) is 2. The summed E-state index contributed by atoms with van der Waals surface area (Å²) in [4.78, 5) is 30.0. The molecule has 53 heavy (non-hydrogen) atoms. The van der Waals surface area contributed by atoms with Crippen molar-refractivity contribution >= 4 is 18.0 Å². The lowest BCUT2D eigenvalue weighted by atomic mass is 9.88. The van der Waals surface area contributed by atoms with Crippen LogP contribution in [0.5, 0.6) is 0 Å². The molecule has 290 valence electrons. The first kappa shape index (κ1) is 41.1. The summed E-state index contributed by atoms with van der Waals surface area (Å²) in [6.45, 7) is 1.56. The van der Waals surface area contributed by atoms with Crippen molar-refractivity contribution in [3.8, 4) is 0 Å². The van der Waals surface area contributed by atoms with Gasteiger partial charge in [0.2, 0.25) is 0 Å². The van der Waals surface area contributed by atoms with Gasteiger partial charge in [-0.2, -0.15) is 13.2 Å². The predicted molar refractivity (Wildman–Crippen MR) is 178 cm³/mol. The number of ether oxygens (including phenoxy) is 2. The van der Waals surface area contributed by atoms with E-state index in [0.29, 0.717) is 17.8 Å². The van der Waals surface area contributed by atoms with Crippen LogP contribution < -0.4 is 11.1 Å². The van der Waals surface area contributed by atoms with E-state index in [1.165, 1.54) is 6.92 Å². The van der Waals surface area contributed by atoms with Crippen LogP contribution in [-0.4, -0.2) is 77.1 Å². The number of carbonyl (C=O) groups excluding carboxylic acids is 2. The highest BCUT2D eigenvalue weighted by atomic mass is 19.4. The zero-order valence-electron chi connectivity index (χ0n) is 29.0. The average molecular weight is 760 g/mol. The number of carbonyl (C=O) groups is 2. The van der Waals surface area contributed by atoms with Crippen LogP contribution in [0.2, 0.25) is 0 Å². The minimum atomic E-state index is -4.75. The molecule has 2 aromatic carbocycles. The van der Waals surface area contributed by atoms with Gasteiger partial charge in [-0.05, 0) is 29.0 Å². The summed E-state index contributed by atoms with van der Waals surface area (Å²) in [5.41, 5.74) is 5.85. The molecule has 0 spiro atoms. The molecule has 2 saturated heterocycles. The van der Waals surface area contributed by atoms with Gasteiger partial charge in [-0.25, -0.2) is 36.5 Å². The average Bonchev–Trinajstić information content (AvgIpc) is 3.09. The highest BCUT2D eigenvalue weighted by Crippen LogP contribution is 2.36. The molecule has 0 radical (unpaired) electrons. The van der Waals surface area contributed by atoms with Crippen molar-refractivity contribution in [2.45, 2.75) is 70.0 Å². The quantitative estimate of drug-likeness (QED) is 0.225. The van der Waals surface area contributed by atoms with E-state index >= 15 is 0 Å². The Hall–Kier alpha value is -4.67. The summed E-state index contributed by atoms with van der Waals surface area (Å²) in [5, 5.41) is 2.53. The Balaban J connectivity index is 0.000000258. The Morgan fingerprint density at radius 3 is 1.72 bits per heavy atom. The number of likely N-dealkylation sites (tertiary alicyclic amines) is 2. The molecular formula is C36H41F8N5O4. The number of anilines is 1. The predicted octanol–water partition coefficient (Wildman–Crippen LogP) is 7.96. The lowest BCUT2D eigenvalue weighted by Crippen LogP contribution is -2.57. The van der Waals surface area contributed by atoms with Gasteiger partial charge in [0.05, 0.1) is 30.7 Å². The SMILES string of the molecule is C[C@@H]1CC(F)(F)CN(C(=O)OCc2ccccc2)[C@@H]1CN.C[C@@H]1CC(F)(F)CN(C(=O)OCc2ccccc2)[C@@H]1CNc1ncc(C(F)(F)F)cc1F. The van der Waals surface area contributed by atoms with E-state index < -0.39 is 84.9 Å². The Labute approximate surface area is 301 Å². The number of nitrogens with one attached hydrogen (secondary N) is 1. The molecule has 2 amide bonds. The van der Waals surface area contributed by atoms with Gasteiger partial charge in [0.1, 0.15) is 13.2 Å². The molecule has 3 heterocycles. The summed E-state index contributed by atoms with van der Waals surface area (Å²) in [7, 11) is 0. The van der Waals surface area contributed by atoms with Gasteiger partial charge in [-0.3, -0.25) is 9.80 Å². The molecule has 9 nitrogen and oxygen atoms in total. The normalized spacial score (nSPS) is 22.2. The van der Waals surface area contributed by atoms with Gasteiger partial charge >= 0.3 is 18.4 Å². The lowest BCUT2D eigenvalue weighted by molar-refractivity contribution is -0.138. The lowest BCUT2D eigenvalue weighted by Gasteiger charge is -2.42. The first-order chi connectivity index (χ1) is 24.9. The molecule has 2 aliphatic rings. The molecule has 17 heteroatoms. The van der Waals surface area contributed by atoms with Crippen molar-refractivity contribution in [1.82, 2.24) is 14.8 Å². The zero-order valence-corrected chi connectivity index (χ0v) is 29.0. The molecule has 0 unspecified atom stereocenters. The Bertz CT molecular complexity index is 1650. The van der Waals surface area contributed by atoms with E-state index in [1.54, 1.807) is 49.4 Å². The third kappa shape index (κ3) is 11.7. The maximum absolute atomic E-state index is 14.1. The van der Waals surface area contributed by atoms with Crippen molar-refractivity contribution < 1.29 is 54.2 Å². The standard InChI is InChI=1S/C21H21F6N3O2.C15H20F2N2O2/c1-13-8-20(23,24)12-30(19(31)32-11-14-5-3-2-4-6-14)17(13)10-29-18-16(22)7-15(9-28-18)21(25,26)27;1-11-7-15(16,17)10-19(13(11)8-18)14(20)21-9-12-5-3-2-4-6-12/h2-7,9,13,17H,8,10-12H2,1H3,(H,28,29);2-6,11,13H,7-10,18H2,1H3/t13-,17-;11-,13-/m11/s1. The molecule has 3 N–H and O–H groups in total. The highest BCUT2D eigenvalue weighted by molar-refractivity contribution is 5.69. The van der Waals surface area contributed by atoms with Crippen LogP contribution in [0, 0.1) is 17.7 Å². The molecular weight excluding hydrogens is 718 g/mol. The number of amides is 2. The van der Waals surface area contributed by atoms with Crippen molar-refractivity contribution in [2.24, 2.45) is 17.6 Å². The van der Waals surface area contributed by atoms with Gasteiger partial charge in [0, 0.05) is 32.1 Å². The summed E-state index contributed by atoms with van der Waals surface area (Å²) in [5.74, 6) is -8.81. The molecule has 2 aliphatic heterocycles. The fourth-order valence-electron chi connectivity index (χ4n) is 6.29. The van der Waals surface area contributed by atoms with Crippen LogP contribution in [0.1, 0.15) is 43.4 Å². The monoisotopic (exact) mass is 759 g/mol. The molecule has 2 fully saturated rings. The number of nitrogens with two attached hydrogens (primary N) is 1. The number of halogens is 8. The Morgan fingerprint density at radius 1 is 0.830 bits per heavy atom. The van der Waals surface area contributed by atoms with Crippen LogP contribution in [0.3, 0.4) is 0 Å². The molecule has 5 rings (SSSR count). The number of alkyl halides is 7. The van der Waals surface area contributed by atoms with Gasteiger partial charge in [-0.1, -0.05) is 74.5 Å². The van der Waals surface area contributed by atoms with Crippen LogP contribution >= 0.6 is 0 Å². The smallest absolute Gasteiger partial charge is 0.417 e. The summed E-state index contributed by atoms with van der Waals surface area (Å²) >= 11 is 0. The summed E-state index contributed by atoms with van der Waals surface area (Å²) in [6.07, 6.45) is -6.75. The number of aromatic nitrogens is 1. The third-order valence-electron chi connectivity index (χ3n) is 8.93. The van der Waals surface area contributed by atoms with Gasteiger partial charge in [0.25, 0.3) is 11.8 Å². The number of rotatable bonds is 8. The van der Waals surface area contributed by atoms with Crippen molar-refractivity contribution in [1.29, 1.82) is 0 Å². The van der Waals surface area contributed by atoms with Crippen LogP contribution in [0.25, 0.3) is 0 Å². The molecule has 1 aromatic heterocycles. The minimum Gasteiger partial charge on any atom is -0.445 e. The van der Waals surface area contributed by atoms with E-state index in [4.69, 9.17) is 15.2 Å². The maximum Gasteiger partial charge on any atom is 0.417 e. The number of pyridine rings is 1. The summed E-state index contributed by atoms with van der Waals surface area (Å²) in [6, 6.07) is 16.8. The second-order valence-electron chi connectivity index (χ2n) is 13.2. The van der Waals surface area contributed by atoms with Crippen molar-refractivity contribution in [2.75, 3.05) is 31.5 Å². The topological polar surface area (TPSA) is 110 Å². The zero-order chi connectivity index (χ0) is 39.0. The van der Waals surface area contributed by atoms with Crippen molar-refractivity contribution in [3.63, 3.8) is 0 Å². The molecule has 3 aromatic rings. The number of nitrogens with zero attached hydrogens (tertiary/aromatic N) is 3. The largest absolute Gasteiger partial charge is 0.445 e. The first-order valence-corrected chi connectivity index (χ1v) is 16.8. The van der Waals surface area contributed by atoms with E-state index in [-0.39, 0.29) is 38.6 Å². The van der Waals surface area contributed by atoms with Crippen LogP contribution in [0.15, 0.2) is 72.9 Å². The Morgan fingerprint density at radius 2 is 1.28 bits per heavy atom. The molecule has 4 atom stereocenters. The molecule has 0 saturated carbocycles. The number of piperidine rings is 2. The number of benzene rings is 2. The van der Waals surface area contributed by atoms with E-state index in [0.717, 1.165) is 15.4 Å². The summed E-state index contributed by atoms with van der Waals surface area (Å²) < 4.78 is 118. The van der Waals surface area contributed by atoms with Gasteiger partial charge in [-0.15, -0.1) is 0 Å². The second kappa shape index (κ2) is 17.4. The number of hydrogen-bond acceptors (Lipinski definition) is 7. The maximum atomic E-state index is 14.1. The third-order valence-corrected chi connectivity index (χ3v) is 8.93. The fraction of sp³-hybridized carbons (Fsp3) is 0.472. The van der Waals surface area contributed by atoms with Gasteiger partial charge < -0.3 is 20.5 Å². The van der Waals surface area contributed by atoms with Crippen molar-refractivity contribution in [3.05, 3.63) is 95.4 Å². The van der Waals surface area contributed by atoms with Crippen LogP contribution in [-0.2, 0) is 28.9 Å². The van der Waals surface area contributed by atoms with E-state index in [9.17, 15) is 44.7 Å².